The molecule has 4 nitrogen and oxygen atoms in total. The molecule has 0 aliphatic heterocycles. The number of nitrogens with zero attached hydrogens (tertiary/aromatic N) is 2. The van der Waals surface area contributed by atoms with Gasteiger partial charge >= 0.3 is 0 Å². The third kappa shape index (κ3) is 6.76. The molecular weight excluding hydrogens is 853 g/mol. The third-order valence-electron chi connectivity index (χ3n) is 13.9. The maximum Gasteiger partial charge on any atom is 0.137 e. The number of rotatable bonds is 8. The molecular formula is C66H42N2O2. The van der Waals surface area contributed by atoms with Crippen LogP contribution in [0, 0.1) is 0 Å². The van der Waals surface area contributed by atoms with Gasteiger partial charge in [0, 0.05) is 67.7 Å². The van der Waals surface area contributed by atoms with E-state index in [4.69, 9.17) is 8.83 Å². The lowest BCUT2D eigenvalue weighted by atomic mass is 9.99. The predicted octanol–water partition coefficient (Wildman–Crippen LogP) is 19.2. The fourth-order valence-electron chi connectivity index (χ4n) is 10.5. The van der Waals surface area contributed by atoms with E-state index in [1.54, 1.807) is 0 Å². The zero-order chi connectivity index (χ0) is 46.1. The van der Waals surface area contributed by atoms with E-state index in [-0.39, 0.29) is 0 Å². The quantitative estimate of drug-likeness (QED) is 0.152. The monoisotopic (exact) mass is 894 g/mol. The van der Waals surface area contributed by atoms with Gasteiger partial charge in [-0.3, -0.25) is 0 Å². The first-order valence-corrected chi connectivity index (χ1v) is 23.8. The summed E-state index contributed by atoms with van der Waals surface area (Å²) < 4.78 is 13.2. The van der Waals surface area contributed by atoms with Crippen molar-refractivity contribution in [3.05, 3.63) is 255 Å². The van der Waals surface area contributed by atoms with E-state index in [1.165, 1.54) is 32.7 Å². The minimum Gasteiger partial charge on any atom is -0.456 e. The normalized spacial score (nSPS) is 11.7. The van der Waals surface area contributed by atoms with Crippen LogP contribution < -0.4 is 9.80 Å². The van der Waals surface area contributed by atoms with Crippen molar-refractivity contribution >= 4 is 110 Å². The van der Waals surface area contributed by atoms with Gasteiger partial charge in [0.2, 0.25) is 0 Å². The summed E-state index contributed by atoms with van der Waals surface area (Å²) in [6.07, 6.45) is 0. The molecule has 70 heavy (non-hydrogen) atoms. The van der Waals surface area contributed by atoms with E-state index < -0.39 is 0 Å². The molecule has 0 unspecified atom stereocenters. The molecule has 0 amide bonds. The van der Waals surface area contributed by atoms with Crippen LogP contribution in [-0.2, 0) is 0 Å². The Labute approximate surface area is 404 Å². The van der Waals surface area contributed by atoms with E-state index in [0.29, 0.717) is 0 Å². The summed E-state index contributed by atoms with van der Waals surface area (Å²) in [5.74, 6) is 0. The lowest BCUT2D eigenvalue weighted by Gasteiger charge is -2.29. The minimum atomic E-state index is 0.844. The molecule has 14 rings (SSSR count). The molecule has 4 heteroatoms. The highest BCUT2D eigenvalue weighted by atomic mass is 16.3. The van der Waals surface area contributed by atoms with Crippen molar-refractivity contribution < 1.29 is 8.83 Å². The predicted molar refractivity (Wildman–Crippen MR) is 294 cm³/mol. The number of anilines is 6. The van der Waals surface area contributed by atoms with Crippen molar-refractivity contribution in [2.45, 2.75) is 0 Å². The van der Waals surface area contributed by atoms with Gasteiger partial charge < -0.3 is 18.6 Å². The third-order valence-corrected chi connectivity index (χ3v) is 13.9. The van der Waals surface area contributed by atoms with Crippen molar-refractivity contribution in [1.29, 1.82) is 0 Å². The Morgan fingerprint density at radius 3 is 1.54 bits per heavy atom. The fourth-order valence-corrected chi connectivity index (χ4v) is 10.5. The molecule has 0 saturated heterocycles. The summed E-state index contributed by atoms with van der Waals surface area (Å²) in [6, 6.07) is 91.4. The second-order valence-electron chi connectivity index (χ2n) is 18.1. The molecule has 0 radical (unpaired) electrons. The average molecular weight is 895 g/mol. The smallest absolute Gasteiger partial charge is 0.137 e. The Hall–Kier alpha value is -9.38. The lowest BCUT2D eigenvalue weighted by molar-refractivity contribution is 0.669. The van der Waals surface area contributed by atoms with Crippen LogP contribution in [0.1, 0.15) is 0 Å². The van der Waals surface area contributed by atoms with Crippen molar-refractivity contribution in [3.8, 4) is 22.3 Å². The summed E-state index contributed by atoms with van der Waals surface area (Å²) in [6.45, 7) is 0. The standard InChI is InChI=1S/C66H42N2O2/c1-2-13-43(14-3-1)48-25-26-50-37-53(30-28-49(50)35-48)67(55-31-33-59-58-22-9-11-24-63(58)69-65(59)41-55)52-20-12-19-51(38-52)57-21-8-10-23-62(57)68(54-29-27-44-15-4-5-16-45(44)36-54)56-32-34-60-61-39-46-17-6-7-18-47(46)40-64(61)70-66(60)42-56/h1-42H. The van der Waals surface area contributed by atoms with Crippen LogP contribution in [0.3, 0.4) is 0 Å². The zero-order valence-electron chi connectivity index (χ0n) is 38.0. The van der Waals surface area contributed by atoms with Gasteiger partial charge in [0.1, 0.15) is 22.3 Å². The van der Waals surface area contributed by atoms with Gasteiger partial charge in [0.15, 0.2) is 0 Å². The molecule has 12 aromatic carbocycles. The maximum absolute atomic E-state index is 6.69. The van der Waals surface area contributed by atoms with Gasteiger partial charge in [0.05, 0.1) is 5.69 Å². The van der Waals surface area contributed by atoms with Crippen molar-refractivity contribution in [1.82, 2.24) is 0 Å². The van der Waals surface area contributed by atoms with Crippen LogP contribution in [0.4, 0.5) is 34.1 Å². The minimum absolute atomic E-state index is 0.844. The second-order valence-corrected chi connectivity index (χ2v) is 18.1. The molecule has 328 valence electrons. The van der Waals surface area contributed by atoms with Gasteiger partial charge in [-0.25, -0.2) is 0 Å². The van der Waals surface area contributed by atoms with Crippen LogP contribution in [0.5, 0.6) is 0 Å². The van der Waals surface area contributed by atoms with Crippen LogP contribution in [0.2, 0.25) is 0 Å². The summed E-state index contributed by atoms with van der Waals surface area (Å²) >= 11 is 0. The van der Waals surface area contributed by atoms with Crippen molar-refractivity contribution in [3.63, 3.8) is 0 Å². The number of hydrogen-bond donors (Lipinski definition) is 0. The molecule has 0 aliphatic rings. The number of hydrogen-bond acceptors (Lipinski definition) is 4. The number of fused-ring (bicyclic) bond motifs is 9. The van der Waals surface area contributed by atoms with Gasteiger partial charge in [-0.15, -0.1) is 0 Å². The largest absolute Gasteiger partial charge is 0.456 e. The number of benzene rings is 12. The molecule has 0 spiro atoms. The summed E-state index contributed by atoms with van der Waals surface area (Å²) in [5.41, 5.74) is 14.2. The Kier molecular flexibility index (Phi) is 9.17. The number of furan rings is 2. The maximum atomic E-state index is 6.69. The van der Waals surface area contributed by atoms with Crippen molar-refractivity contribution in [2.75, 3.05) is 9.80 Å². The lowest BCUT2D eigenvalue weighted by Crippen LogP contribution is -2.12. The molecule has 14 aromatic rings. The molecule has 0 saturated carbocycles. The van der Waals surface area contributed by atoms with E-state index in [1.807, 2.05) is 12.1 Å². The molecule has 2 heterocycles. The van der Waals surface area contributed by atoms with Crippen LogP contribution in [-0.4, -0.2) is 0 Å². The van der Waals surface area contributed by atoms with Gasteiger partial charge in [0.25, 0.3) is 0 Å². The summed E-state index contributed by atoms with van der Waals surface area (Å²) in [7, 11) is 0. The molecule has 0 N–H and O–H groups in total. The summed E-state index contributed by atoms with van der Waals surface area (Å²) in [5, 5.41) is 11.5. The molecule has 0 bridgehead atoms. The van der Waals surface area contributed by atoms with E-state index >= 15 is 0 Å². The Morgan fingerprint density at radius 1 is 0.229 bits per heavy atom. The van der Waals surface area contributed by atoms with Crippen molar-refractivity contribution in [2.24, 2.45) is 0 Å². The SMILES string of the molecule is c1ccc(-c2ccc3cc(N(c4cccc(-c5ccccc5N(c5ccc6ccccc6c5)c5ccc6c(c5)oc5cc7ccccc7cc56)c4)c4ccc5c(c4)oc4ccccc45)ccc3c2)cc1. The topological polar surface area (TPSA) is 32.8 Å². The molecule has 0 aliphatic carbocycles. The first-order valence-electron chi connectivity index (χ1n) is 23.8. The highest BCUT2D eigenvalue weighted by Crippen LogP contribution is 2.46. The highest BCUT2D eigenvalue weighted by molar-refractivity contribution is 6.11. The second kappa shape index (κ2) is 16.2. The summed E-state index contributed by atoms with van der Waals surface area (Å²) in [4.78, 5) is 4.72. The van der Waals surface area contributed by atoms with Crippen LogP contribution in [0.25, 0.3) is 98.4 Å². The van der Waals surface area contributed by atoms with Crippen LogP contribution in [0.15, 0.2) is 264 Å². The first kappa shape index (κ1) is 39.8. The Bertz CT molecular complexity index is 4340. The van der Waals surface area contributed by atoms with E-state index in [2.05, 4.69) is 252 Å². The molecule has 0 fully saturated rings. The van der Waals surface area contributed by atoms with Gasteiger partial charge in [-0.2, -0.15) is 0 Å². The Balaban J connectivity index is 0.929. The van der Waals surface area contributed by atoms with E-state index in [9.17, 15) is 0 Å². The van der Waals surface area contributed by atoms with Gasteiger partial charge in [-0.1, -0.05) is 152 Å². The van der Waals surface area contributed by atoms with Gasteiger partial charge in [-0.05, 0) is 140 Å². The number of para-hydroxylation sites is 2. The first-order chi connectivity index (χ1) is 34.6. The Morgan fingerprint density at radius 2 is 0.729 bits per heavy atom. The average Bonchev–Trinajstić information content (AvgIpc) is 3.97. The molecule has 0 atom stereocenters. The van der Waals surface area contributed by atoms with E-state index in [0.717, 1.165) is 99.9 Å². The zero-order valence-corrected chi connectivity index (χ0v) is 38.0. The highest BCUT2D eigenvalue weighted by Gasteiger charge is 2.22. The fraction of sp³-hybridized carbons (Fsp3) is 0. The van der Waals surface area contributed by atoms with Crippen LogP contribution >= 0.6 is 0 Å². The molecule has 2 aromatic heterocycles.